The first-order chi connectivity index (χ1) is 32.1. The Bertz CT molecular complexity index is 2820. The summed E-state index contributed by atoms with van der Waals surface area (Å²) in [6, 6.07) is 41.8. The number of benzene rings is 5. The number of carbonyl (C=O) groups is 2. The molecule has 2 atom stereocenters. The number of amides is 1. The third-order valence-corrected chi connectivity index (χ3v) is 13.2. The van der Waals surface area contributed by atoms with E-state index in [4.69, 9.17) is 9.47 Å². The number of piperidine rings is 1. The van der Waals surface area contributed by atoms with Crippen molar-refractivity contribution in [1.82, 2.24) is 20.5 Å². The first-order valence-corrected chi connectivity index (χ1v) is 23.1. The van der Waals surface area contributed by atoms with Crippen molar-refractivity contribution in [1.29, 1.82) is 0 Å². The van der Waals surface area contributed by atoms with E-state index in [0.717, 1.165) is 53.4 Å². The maximum absolute atomic E-state index is 14.0. The summed E-state index contributed by atoms with van der Waals surface area (Å²) in [4.78, 5) is 46.1. The lowest BCUT2D eigenvalue weighted by molar-refractivity contribution is -0.164. The molecule has 0 saturated carbocycles. The minimum Gasteiger partial charge on any atom is -0.506 e. The van der Waals surface area contributed by atoms with Crippen LogP contribution in [0.1, 0.15) is 68.9 Å². The number of fused-ring (bicyclic) bond motifs is 1. The van der Waals surface area contributed by atoms with Crippen LogP contribution in [-0.2, 0) is 34.8 Å². The molecule has 7 aromatic rings. The third-order valence-electron chi connectivity index (χ3n) is 12.1. The van der Waals surface area contributed by atoms with E-state index in [0.29, 0.717) is 46.5 Å². The van der Waals surface area contributed by atoms with E-state index in [-0.39, 0.29) is 48.3 Å². The highest BCUT2D eigenvalue weighted by Crippen LogP contribution is 2.36. The number of aromatic nitrogens is 1. The molecule has 6 N–H and O–H groups in total. The van der Waals surface area contributed by atoms with Gasteiger partial charge in [-0.25, -0.2) is 4.79 Å². The molecule has 2 aromatic heterocycles. The second kappa shape index (κ2) is 21.1. The first-order valence-electron chi connectivity index (χ1n) is 22.3. The number of aliphatic hydroxyl groups excluding tert-OH is 1. The summed E-state index contributed by atoms with van der Waals surface area (Å²) in [5, 5.41) is 40.4. The number of pyridine rings is 1. The van der Waals surface area contributed by atoms with Crippen LogP contribution in [0.4, 0.5) is 0 Å². The number of thiophene rings is 1. The molecule has 1 fully saturated rings. The van der Waals surface area contributed by atoms with Gasteiger partial charge in [0.2, 0.25) is 11.2 Å². The summed E-state index contributed by atoms with van der Waals surface area (Å²) in [6.45, 7) is 6.02. The number of carbonyl (C=O) groups excluding carboxylic acids is 2. The molecular formula is C53H54N4O8S. The van der Waals surface area contributed by atoms with Crippen molar-refractivity contribution in [2.45, 2.75) is 51.1 Å². The number of hydrogen-bond donors (Lipinski definition) is 6. The number of phenolic OH excluding ortho intramolecular Hbond substituents is 1. The number of aliphatic hydroxyl groups is 2. The van der Waals surface area contributed by atoms with E-state index in [1.807, 2.05) is 55.5 Å². The minimum atomic E-state index is -2.03. The smallest absolute Gasteiger partial charge is 0.347 e. The van der Waals surface area contributed by atoms with Gasteiger partial charge in [0.25, 0.3) is 5.91 Å². The number of nitrogens with zero attached hydrogens (tertiary/aromatic N) is 1. The fourth-order valence-corrected chi connectivity index (χ4v) is 9.41. The van der Waals surface area contributed by atoms with Gasteiger partial charge in [0, 0.05) is 57.5 Å². The largest absolute Gasteiger partial charge is 0.506 e. The van der Waals surface area contributed by atoms with Gasteiger partial charge in [-0.15, -0.1) is 11.3 Å². The Labute approximate surface area is 387 Å². The summed E-state index contributed by atoms with van der Waals surface area (Å²) >= 11 is 1.50. The molecule has 0 spiro atoms. The Hall–Kier alpha value is -6.61. The van der Waals surface area contributed by atoms with Crippen LogP contribution < -0.4 is 20.9 Å². The monoisotopic (exact) mass is 906 g/mol. The van der Waals surface area contributed by atoms with Crippen LogP contribution in [0.5, 0.6) is 11.5 Å². The third kappa shape index (κ3) is 10.7. The van der Waals surface area contributed by atoms with Crippen molar-refractivity contribution in [2.75, 3.05) is 32.8 Å². The lowest BCUT2D eigenvalue weighted by atomic mass is 9.85. The van der Waals surface area contributed by atoms with E-state index in [1.165, 1.54) is 29.0 Å². The standard InChI is InChI=1S/C53H54N4O8S/c1-2-64-47-29-38(16-17-39(47)30-54-32-46(59)43-19-21-45(58)50-44(43)20-23-49(60)56-50)51(61)55-31-42-18-22-48(66-42)37-12-9-15-41(28-37)53(63,40-13-7-4-8-14-40)52(62)65-34-36-24-26-57(27-25-36)33-35-10-5-3-6-11-35/h3-23,28-29,36,46,54,58-59,63H,2,24-27,30-34H2,1H3,(H,55,61)(H,56,60)/t46-,53-/m0/s1. The van der Waals surface area contributed by atoms with Gasteiger partial charge in [0.05, 0.1) is 31.4 Å². The normalized spacial score (nSPS) is 14.7. The lowest BCUT2D eigenvalue weighted by Gasteiger charge is -2.33. The lowest BCUT2D eigenvalue weighted by Crippen LogP contribution is -2.40. The second-order valence-electron chi connectivity index (χ2n) is 16.6. The Balaban J connectivity index is 0.879. The number of esters is 1. The zero-order valence-corrected chi connectivity index (χ0v) is 37.6. The second-order valence-corrected chi connectivity index (χ2v) is 17.8. The summed E-state index contributed by atoms with van der Waals surface area (Å²) in [5.41, 5.74) is 2.59. The van der Waals surface area contributed by atoms with Crippen LogP contribution in [0.2, 0.25) is 0 Å². The number of likely N-dealkylation sites (tertiary alicyclic amines) is 1. The molecule has 0 aliphatic carbocycles. The number of H-pyrrole nitrogens is 1. The van der Waals surface area contributed by atoms with Gasteiger partial charge >= 0.3 is 5.97 Å². The van der Waals surface area contributed by atoms with Crippen LogP contribution in [0.15, 0.2) is 144 Å². The Morgan fingerprint density at radius 2 is 1.62 bits per heavy atom. The molecule has 1 aliphatic rings. The number of rotatable bonds is 18. The molecule has 66 heavy (non-hydrogen) atoms. The number of hydrogen-bond acceptors (Lipinski definition) is 11. The van der Waals surface area contributed by atoms with E-state index < -0.39 is 17.7 Å². The van der Waals surface area contributed by atoms with Crippen molar-refractivity contribution in [3.05, 3.63) is 188 Å². The molecule has 12 nitrogen and oxygen atoms in total. The maximum Gasteiger partial charge on any atom is 0.347 e. The van der Waals surface area contributed by atoms with Crippen LogP contribution in [-0.4, -0.2) is 69.9 Å². The average molecular weight is 907 g/mol. The highest BCUT2D eigenvalue weighted by Gasteiger charge is 2.42. The van der Waals surface area contributed by atoms with Crippen LogP contribution in [0, 0.1) is 5.92 Å². The van der Waals surface area contributed by atoms with E-state index in [1.54, 1.807) is 54.6 Å². The van der Waals surface area contributed by atoms with E-state index >= 15 is 0 Å². The van der Waals surface area contributed by atoms with Crippen molar-refractivity contribution in [3.8, 4) is 21.9 Å². The fourth-order valence-electron chi connectivity index (χ4n) is 8.46. The highest BCUT2D eigenvalue weighted by atomic mass is 32.1. The predicted octanol–water partition coefficient (Wildman–Crippen LogP) is 7.81. The molecule has 13 heteroatoms. The van der Waals surface area contributed by atoms with Gasteiger partial charge in [-0.3, -0.25) is 14.5 Å². The molecule has 1 saturated heterocycles. The average Bonchev–Trinajstić information content (AvgIpc) is 3.83. The van der Waals surface area contributed by atoms with E-state index in [9.17, 15) is 29.7 Å². The first kappa shape index (κ1) is 45.9. The Morgan fingerprint density at radius 3 is 2.39 bits per heavy atom. The highest BCUT2D eigenvalue weighted by molar-refractivity contribution is 7.15. The molecule has 0 bridgehead atoms. The quantitative estimate of drug-likeness (QED) is 0.0467. The Morgan fingerprint density at radius 1 is 0.864 bits per heavy atom. The Kier molecular flexibility index (Phi) is 14.7. The SMILES string of the molecule is CCOc1cc(C(=O)NCc2ccc(-c3cccc([C@](O)(C(=O)OCC4CCN(Cc5ccccc5)CC4)c4ccccc4)c3)s2)ccc1CNC[C@H](O)c1ccc(O)c2[nH]c(=O)ccc12. The number of ether oxygens (including phenoxy) is 2. The zero-order valence-electron chi connectivity index (χ0n) is 36.7. The topological polar surface area (TPSA) is 173 Å². The summed E-state index contributed by atoms with van der Waals surface area (Å²) in [5.74, 6) is -0.315. The number of phenols is 1. The maximum atomic E-state index is 14.0. The van der Waals surface area contributed by atoms with Crippen LogP contribution >= 0.6 is 11.3 Å². The van der Waals surface area contributed by atoms with Gasteiger partial charge in [0.1, 0.15) is 11.5 Å². The fraction of sp³-hybridized carbons (Fsp3) is 0.264. The molecule has 5 aromatic carbocycles. The summed E-state index contributed by atoms with van der Waals surface area (Å²) in [6.07, 6.45) is 0.875. The molecule has 1 aliphatic heterocycles. The molecule has 3 heterocycles. The van der Waals surface area contributed by atoms with Gasteiger partial charge in [-0.2, -0.15) is 0 Å². The number of aromatic hydroxyl groups is 1. The van der Waals surface area contributed by atoms with Gasteiger partial charge in [-0.1, -0.05) is 91.0 Å². The molecule has 0 radical (unpaired) electrons. The van der Waals surface area contributed by atoms with Crippen molar-refractivity contribution < 1.29 is 34.4 Å². The zero-order chi connectivity index (χ0) is 46.0. The van der Waals surface area contributed by atoms with Crippen molar-refractivity contribution in [2.24, 2.45) is 5.92 Å². The summed E-state index contributed by atoms with van der Waals surface area (Å²) < 4.78 is 11.9. The molecular weight excluding hydrogens is 853 g/mol. The van der Waals surface area contributed by atoms with Crippen LogP contribution in [0.3, 0.4) is 0 Å². The number of nitrogens with one attached hydrogen (secondary N) is 3. The molecule has 1 amide bonds. The van der Waals surface area contributed by atoms with Gasteiger partial charge in [0.15, 0.2) is 0 Å². The van der Waals surface area contributed by atoms with Crippen molar-refractivity contribution >= 4 is 34.1 Å². The number of aromatic amines is 1. The van der Waals surface area contributed by atoms with Crippen LogP contribution in [0.25, 0.3) is 21.3 Å². The molecule has 0 unspecified atom stereocenters. The van der Waals surface area contributed by atoms with Gasteiger partial charge < -0.3 is 40.4 Å². The van der Waals surface area contributed by atoms with Crippen molar-refractivity contribution in [3.63, 3.8) is 0 Å². The molecule has 340 valence electrons. The minimum absolute atomic E-state index is 0.0780. The molecule has 8 rings (SSSR count). The van der Waals surface area contributed by atoms with E-state index in [2.05, 4.69) is 44.8 Å². The van der Waals surface area contributed by atoms with Gasteiger partial charge in [-0.05, 0) is 103 Å². The summed E-state index contributed by atoms with van der Waals surface area (Å²) in [7, 11) is 0. The predicted molar refractivity (Wildman–Crippen MR) is 256 cm³/mol.